The largest absolute Gasteiger partial charge is 0.319 e. The van der Waals surface area contributed by atoms with E-state index in [2.05, 4.69) is 26.2 Å². The molecule has 0 heterocycles. The quantitative estimate of drug-likeness (QED) is 0.691. The molecule has 3 unspecified atom stereocenters. The van der Waals surface area contributed by atoms with E-state index in [1.165, 1.54) is 38.6 Å². The first kappa shape index (κ1) is 11.0. The van der Waals surface area contributed by atoms with Gasteiger partial charge >= 0.3 is 0 Å². The molecule has 0 radical (unpaired) electrons. The van der Waals surface area contributed by atoms with Crippen molar-refractivity contribution >= 4 is 0 Å². The summed E-state index contributed by atoms with van der Waals surface area (Å²) in [6.45, 7) is 5.96. The van der Waals surface area contributed by atoms with Gasteiger partial charge in [-0.15, -0.1) is 0 Å². The van der Waals surface area contributed by atoms with Gasteiger partial charge in [-0.3, -0.25) is 0 Å². The molecule has 1 heteroatoms. The molecular weight excluding hydrogens is 158 g/mol. The first-order valence-corrected chi connectivity index (χ1v) is 5.92. The highest BCUT2D eigenvalue weighted by atomic mass is 14.8. The smallest absolute Gasteiger partial charge is 0.00235 e. The molecular formula is C12H25N. The SMILES string of the molecule is CCC(CNC)CC1CCCC1C. The van der Waals surface area contributed by atoms with Crippen molar-refractivity contribution in [1.29, 1.82) is 0 Å². The van der Waals surface area contributed by atoms with Gasteiger partial charge in [-0.25, -0.2) is 0 Å². The molecule has 0 aromatic heterocycles. The Morgan fingerprint density at radius 1 is 1.38 bits per heavy atom. The Labute approximate surface area is 83.3 Å². The summed E-state index contributed by atoms with van der Waals surface area (Å²) in [5.41, 5.74) is 0. The second kappa shape index (κ2) is 5.64. The van der Waals surface area contributed by atoms with Crippen molar-refractivity contribution in [3.63, 3.8) is 0 Å². The van der Waals surface area contributed by atoms with Crippen molar-refractivity contribution in [2.24, 2.45) is 17.8 Å². The van der Waals surface area contributed by atoms with E-state index in [1.54, 1.807) is 0 Å². The molecule has 0 saturated heterocycles. The highest BCUT2D eigenvalue weighted by Crippen LogP contribution is 2.36. The molecule has 0 aliphatic heterocycles. The normalized spacial score (nSPS) is 30.7. The van der Waals surface area contributed by atoms with Crippen LogP contribution in [-0.4, -0.2) is 13.6 Å². The number of nitrogens with one attached hydrogen (secondary N) is 1. The van der Waals surface area contributed by atoms with Crippen LogP contribution in [0, 0.1) is 17.8 Å². The summed E-state index contributed by atoms with van der Waals surface area (Å²) in [7, 11) is 2.07. The Hall–Kier alpha value is -0.0400. The monoisotopic (exact) mass is 183 g/mol. The molecule has 0 bridgehead atoms. The summed E-state index contributed by atoms with van der Waals surface area (Å²) in [4.78, 5) is 0. The third-order valence-corrected chi connectivity index (χ3v) is 3.75. The van der Waals surface area contributed by atoms with E-state index in [-0.39, 0.29) is 0 Å². The van der Waals surface area contributed by atoms with Gasteiger partial charge in [0.05, 0.1) is 0 Å². The maximum Gasteiger partial charge on any atom is -0.00235 e. The fraction of sp³-hybridized carbons (Fsp3) is 1.00. The molecule has 13 heavy (non-hydrogen) atoms. The Balaban J connectivity index is 2.27. The van der Waals surface area contributed by atoms with Gasteiger partial charge in [-0.05, 0) is 37.8 Å². The number of hydrogen-bond acceptors (Lipinski definition) is 1. The third kappa shape index (κ3) is 3.30. The van der Waals surface area contributed by atoms with Crippen molar-refractivity contribution in [3.8, 4) is 0 Å². The molecule has 0 spiro atoms. The third-order valence-electron chi connectivity index (χ3n) is 3.75. The second-order valence-electron chi connectivity index (χ2n) is 4.74. The molecule has 0 aromatic rings. The summed E-state index contributed by atoms with van der Waals surface area (Å²) >= 11 is 0. The van der Waals surface area contributed by atoms with Crippen molar-refractivity contribution in [2.45, 2.75) is 46.0 Å². The zero-order valence-corrected chi connectivity index (χ0v) is 9.47. The highest BCUT2D eigenvalue weighted by Gasteiger charge is 2.25. The predicted octanol–water partition coefficient (Wildman–Crippen LogP) is 3.06. The van der Waals surface area contributed by atoms with Gasteiger partial charge in [0.2, 0.25) is 0 Å². The van der Waals surface area contributed by atoms with Crippen LogP contribution in [0.15, 0.2) is 0 Å². The minimum Gasteiger partial charge on any atom is -0.319 e. The van der Waals surface area contributed by atoms with Crippen LogP contribution in [0.25, 0.3) is 0 Å². The minimum atomic E-state index is 0.913. The fourth-order valence-electron chi connectivity index (χ4n) is 2.68. The summed E-state index contributed by atoms with van der Waals surface area (Å²) < 4.78 is 0. The Morgan fingerprint density at radius 2 is 2.15 bits per heavy atom. The van der Waals surface area contributed by atoms with Crippen LogP contribution in [0.3, 0.4) is 0 Å². The zero-order chi connectivity index (χ0) is 9.68. The topological polar surface area (TPSA) is 12.0 Å². The van der Waals surface area contributed by atoms with E-state index < -0.39 is 0 Å². The first-order valence-electron chi connectivity index (χ1n) is 5.92. The second-order valence-corrected chi connectivity index (χ2v) is 4.74. The van der Waals surface area contributed by atoms with Gasteiger partial charge in [-0.2, -0.15) is 0 Å². The van der Waals surface area contributed by atoms with Crippen molar-refractivity contribution in [1.82, 2.24) is 5.32 Å². The Kier molecular flexibility index (Phi) is 4.79. The predicted molar refractivity (Wildman–Crippen MR) is 58.8 cm³/mol. The zero-order valence-electron chi connectivity index (χ0n) is 9.47. The maximum absolute atomic E-state index is 3.31. The van der Waals surface area contributed by atoms with E-state index in [0.29, 0.717) is 0 Å². The lowest BCUT2D eigenvalue weighted by molar-refractivity contribution is 0.307. The molecule has 1 fully saturated rings. The van der Waals surface area contributed by atoms with Crippen LogP contribution in [-0.2, 0) is 0 Å². The molecule has 1 aliphatic rings. The lowest BCUT2D eigenvalue weighted by Gasteiger charge is -2.21. The van der Waals surface area contributed by atoms with Crippen LogP contribution < -0.4 is 5.32 Å². The summed E-state index contributed by atoms with van der Waals surface area (Å²) in [5, 5.41) is 3.31. The Morgan fingerprint density at radius 3 is 2.62 bits per heavy atom. The molecule has 3 atom stereocenters. The van der Waals surface area contributed by atoms with Gasteiger partial charge in [0.25, 0.3) is 0 Å². The molecule has 1 aliphatic carbocycles. The van der Waals surface area contributed by atoms with E-state index in [9.17, 15) is 0 Å². The molecule has 1 rings (SSSR count). The van der Waals surface area contributed by atoms with Gasteiger partial charge < -0.3 is 5.32 Å². The minimum absolute atomic E-state index is 0.913. The van der Waals surface area contributed by atoms with Gasteiger partial charge in [0.1, 0.15) is 0 Å². The average Bonchev–Trinajstić information content (AvgIpc) is 2.51. The molecule has 0 aromatic carbocycles. The van der Waals surface area contributed by atoms with Crippen LogP contribution >= 0.6 is 0 Å². The van der Waals surface area contributed by atoms with Crippen molar-refractivity contribution in [3.05, 3.63) is 0 Å². The van der Waals surface area contributed by atoms with Gasteiger partial charge in [-0.1, -0.05) is 39.5 Å². The highest BCUT2D eigenvalue weighted by molar-refractivity contribution is 4.77. The molecule has 1 N–H and O–H groups in total. The average molecular weight is 183 g/mol. The lowest BCUT2D eigenvalue weighted by atomic mass is 9.86. The van der Waals surface area contributed by atoms with Crippen LogP contribution in [0.5, 0.6) is 0 Å². The standard InChI is InChI=1S/C12H25N/c1-4-11(9-13-3)8-12-7-5-6-10(12)2/h10-13H,4-9H2,1-3H3. The lowest BCUT2D eigenvalue weighted by Crippen LogP contribution is -2.21. The molecule has 1 saturated carbocycles. The molecule has 1 nitrogen and oxygen atoms in total. The summed E-state index contributed by atoms with van der Waals surface area (Å²) in [6.07, 6.45) is 7.23. The molecule has 0 amide bonds. The number of rotatable bonds is 5. The van der Waals surface area contributed by atoms with Gasteiger partial charge in [0.15, 0.2) is 0 Å². The maximum atomic E-state index is 3.31. The van der Waals surface area contributed by atoms with Crippen LogP contribution in [0.1, 0.15) is 46.0 Å². The Bertz CT molecular complexity index is 133. The van der Waals surface area contributed by atoms with Crippen LogP contribution in [0.2, 0.25) is 0 Å². The summed E-state index contributed by atoms with van der Waals surface area (Å²) in [6, 6.07) is 0. The molecule has 78 valence electrons. The van der Waals surface area contributed by atoms with Crippen molar-refractivity contribution < 1.29 is 0 Å². The summed E-state index contributed by atoms with van der Waals surface area (Å²) in [5.74, 6) is 2.93. The number of hydrogen-bond donors (Lipinski definition) is 1. The van der Waals surface area contributed by atoms with Gasteiger partial charge in [0, 0.05) is 0 Å². The fourth-order valence-corrected chi connectivity index (χ4v) is 2.68. The van der Waals surface area contributed by atoms with E-state index in [1.807, 2.05) is 0 Å². The van der Waals surface area contributed by atoms with Crippen LogP contribution in [0.4, 0.5) is 0 Å². The van der Waals surface area contributed by atoms with Crippen molar-refractivity contribution in [2.75, 3.05) is 13.6 Å². The van der Waals surface area contributed by atoms with E-state index in [4.69, 9.17) is 0 Å². The van der Waals surface area contributed by atoms with E-state index in [0.717, 1.165) is 17.8 Å². The van der Waals surface area contributed by atoms with E-state index >= 15 is 0 Å². The first-order chi connectivity index (χ1) is 6.27.